The first kappa shape index (κ1) is 13.6. The molecule has 4 N–H and O–H groups in total. The van der Waals surface area contributed by atoms with Crippen molar-refractivity contribution in [3.05, 3.63) is 22.4 Å². The number of hydrogen-bond acceptors (Lipinski definition) is 4. The van der Waals surface area contributed by atoms with Crippen LogP contribution in [0.3, 0.4) is 0 Å². The predicted octanol–water partition coefficient (Wildman–Crippen LogP) is 1.31. The van der Waals surface area contributed by atoms with Crippen molar-refractivity contribution in [2.45, 2.75) is 19.4 Å². The number of rotatable bonds is 2. The number of carboxylic acid groups (broad SMARTS) is 2. The maximum atomic E-state index is 9.10. The van der Waals surface area contributed by atoms with E-state index in [1.165, 1.54) is 4.88 Å². The molecule has 0 bridgehead atoms. The van der Waals surface area contributed by atoms with Crippen LogP contribution in [0.1, 0.15) is 24.3 Å². The smallest absolute Gasteiger partial charge is 0.414 e. The summed E-state index contributed by atoms with van der Waals surface area (Å²) in [5.74, 6) is -3.65. The third kappa shape index (κ3) is 5.82. The highest BCUT2D eigenvalue weighted by molar-refractivity contribution is 7.10. The van der Waals surface area contributed by atoms with Crippen LogP contribution in [-0.2, 0) is 9.59 Å². The minimum absolute atomic E-state index is 0.255. The molecule has 6 heteroatoms. The van der Waals surface area contributed by atoms with Gasteiger partial charge in [-0.1, -0.05) is 13.0 Å². The quantitative estimate of drug-likeness (QED) is 0.666. The van der Waals surface area contributed by atoms with Crippen molar-refractivity contribution in [1.82, 2.24) is 0 Å². The van der Waals surface area contributed by atoms with Crippen LogP contribution in [0, 0.1) is 0 Å². The highest BCUT2D eigenvalue weighted by atomic mass is 32.1. The molecule has 0 aliphatic heterocycles. The predicted molar refractivity (Wildman–Crippen MR) is 56.8 cm³/mol. The van der Waals surface area contributed by atoms with Gasteiger partial charge in [-0.25, -0.2) is 9.59 Å². The van der Waals surface area contributed by atoms with Gasteiger partial charge in [0.25, 0.3) is 0 Å². The summed E-state index contributed by atoms with van der Waals surface area (Å²) in [7, 11) is 0. The molecule has 1 atom stereocenters. The second-order valence-electron chi connectivity index (χ2n) is 2.64. The Labute approximate surface area is 91.2 Å². The number of aliphatic carboxylic acids is 2. The van der Waals surface area contributed by atoms with Crippen LogP contribution in [0.2, 0.25) is 0 Å². The van der Waals surface area contributed by atoms with Crippen LogP contribution in [0.5, 0.6) is 0 Å². The average molecular weight is 231 g/mol. The summed E-state index contributed by atoms with van der Waals surface area (Å²) in [5.41, 5.74) is 5.75. The van der Waals surface area contributed by atoms with E-state index in [1.807, 2.05) is 6.07 Å². The summed E-state index contributed by atoms with van der Waals surface area (Å²) < 4.78 is 0. The molecule has 1 aromatic heterocycles. The van der Waals surface area contributed by atoms with Gasteiger partial charge in [0.1, 0.15) is 0 Å². The van der Waals surface area contributed by atoms with Crippen LogP contribution >= 0.6 is 11.3 Å². The first-order chi connectivity index (χ1) is 6.99. The van der Waals surface area contributed by atoms with E-state index in [9.17, 15) is 0 Å². The summed E-state index contributed by atoms with van der Waals surface area (Å²) in [6.45, 7) is 2.10. The highest BCUT2D eigenvalue weighted by Crippen LogP contribution is 2.18. The standard InChI is InChI=1S/C7H11NS.C2H2O4/c1-2-6(8)7-4-3-5-9-7;3-1(4)2(5)6/h3-6H,2,8H2,1H3;(H,3,4)(H,5,6). The Morgan fingerprint density at radius 2 is 2.00 bits per heavy atom. The van der Waals surface area contributed by atoms with E-state index in [0.717, 1.165) is 6.42 Å². The van der Waals surface area contributed by atoms with Crippen molar-refractivity contribution in [3.63, 3.8) is 0 Å². The van der Waals surface area contributed by atoms with Gasteiger partial charge in [0, 0.05) is 10.9 Å². The fourth-order valence-electron chi connectivity index (χ4n) is 0.703. The number of carboxylic acids is 2. The van der Waals surface area contributed by atoms with Gasteiger partial charge in [0.15, 0.2) is 0 Å². The number of hydrogen-bond donors (Lipinski definition) is 3. The van der Waals surface area contributed by atoms with Crippen LogP contribution < -0.4 is 5.73 Å². The monoisotopic (exact) mass is 231 g/mol. The molecular formula is C9H13NO4S. The maximum Gasteiger partial charge on any atom is 0.414 e. The van der Waals surface area contributed by atoms with Gasteiger partial charge in [0.05, 0.1) is 0 Å². The Kier molecular flexibility index (Phi) is 6.32. The number of nitrogens with two attached hydrogens (primary N) is 1. The van der Waals surface area contributed by atoms with Crippen LogP contribution in [0.15, 0.2) is 17.5 Å². The minimum Gasteiger partial charge on any atom is -0.473 e. The molecule has 15 heavy (non-hydrogen) atoms. The van der Waals surface area contributed by atoms with Crippen LogP contribution in [0.25, 0.3) is 0 Å². The zero-order valence-corrected chi connectivity index (χ0v) is 9.03. The highest BCUT2D eigenvalue weighted by Gasteiger charge is 2.04. The molecular weight excluding hydrogens is 218 g/mol. The summed E-state index contributed by atoms with van der Waals surface area (Å²) in [6, 6.07) is 4.37. The Hall–Kier alpha value is -1.40. The van der Waals surface area contributed by atoms with Gasteiger partial charge in [0.2, 0.25) is 0 Å². The molecule has 0 saturated carbocycles. The lowest BCUT2D eigenvalue weighted by molar-refractivity contribution is -0.159. The van der Waals surface area contributed by atoms with E-state index in [0.29, 0.717) is 0 Å². The van der Waals surface area contributed by atoms with Gasteiger partial charge in [-0.3, -0.25) is 0 Å². The van der Waals surface area contributed by atoms with E-state index >= 15 is 0 Å². The molecule has 84 valence electrons. The first-order valence-electron chi connectivity index (χ1n) is 4.24. The summed E-state index contributed by atoms with van der Waals surface area (Å²) in [4.78, 5) is 19.5. The topological polar surface area (TPSA) is 101 Å². The normalized spacial score (nSPS) is 11.1. The molecule has 0 fully saturated rings. The SMILES string of the molecule is CCC(N)c1cccs1.O=C(O)C(=O)O. The Bertz CT molecular complexity index is 298. The van der Waals surface area contributed by atoms with E-state index in [-0.39, 0.29) is 6.04 Å². The number of carbonyl (C=O) groups is 2. The summed E-state index contributed by atoms with van der Waals surface area (Å²) in [6.07, 6.45) is 1.03. The van der Waals surface area contributed by atoms with Crippen molar-refractivity contribution >= 4 is 23.3 Å². The average Bonchev–Trinajstić information content (AvgIpc) is 2.70. The van der Waals surface area contributed by atoms with Gasteiger partial charge < -0.3 is 15.9 Å². The fourth-order valence-corrected chi connectivity index (χ4v) is 1.52. The maximum absolute atomic E-state index is 9.10. The molecule has 1 heterocycles. The fraction of sp³-hybridized carbons (Fsp3) is 0.333. The summed E-state index contributed by atoms with van der Waals surface area (Å²) in [5, 5.41) is 16.8. The van der Waals surface area contributed by atoms with Gasteiger partial charge in [-0.05, 0) is 17.9 Å². The van der Waals surface area contributed by atoms with Gasteiger partial charge in [-0.15, -0.1) is 11.3 Å². The Morgan fingerprint density at radius 1 is 1.47 bits per heavy atom. The third-order valence-corrected chi connectivity index (χ3v) is 2.54. The molecule has 1 rings (SSSR count). The van der Waals surface area contributed by atoms with Gasteiger partial charge in [-0.2, -0.15) is 0 Å². The Balaban J connectivity index is 0.000000288. The lowest BCUT2D eigenvalue weighted by Gasteiger charge is -2.02. The van der Waals surface area contributed by atoms with Crippen LogP contribution in [-0.4, -0.2) is 22.2 Å². The molecule has 0 radical (unpaired) electrons. The molecule has 1 unspecified atom stereocenters. The van der Waals surface area contributed by atoms with E-state index in [1.54, 1.807) is 11.3 Å². The van der Waals surface area contributed by atoms with E-state index < -0.39 is 11.9 Å². The molecule has 5 nitrogen and oxygen atoms in total. The number of thiophene rings is 1. The lowest BCUT2D eigenvalue weighted by atomic mass is 10.2. The van der Waals surface area contributed by atoms with Gasteiger partial charge >= 0.3 is 11.9 Å². The second kappa shape index (κ2) is 6.97. The molecule has 1 aromatic rings. The lowest BCUT2D eigenvalue weighted by Crippen LogP contribution is -2.09. The third-order valence-electron chi connectivity index (χ3n) is 1.53. The van der Waals surface area contributed by atoms with Crippen molar-refractivity contribution in [3.8, 4) is 0 Å². The largest absolute Gasteiger partial charge is 0.473 e. The Morgan fingerprint density at radius 3 is 2.27 bits per heavy atom. The molecule has 0 aliphatic rings. The van der Waals surface area contributed by atoms with Crippen molar-refractivity contribution in [1.29, 1.82) is 0 Å². The van der Waals surface area contributed by atoms with E-state index in [4.69, 9.17) is 25.5 Å². The molecule has 0 spiro atoms. The second-order valence-corrected chi connectivity index (χ2v) is 3.62. The van der Waals surface area contributed by atoms with Crippen molar-refractivity contribution < 1.29 is 19.8 Å². The zero-order valence-electron chi connectivity index (χ0n) is 8.21. The van der Waals surface area contributed by atoms with Crippen molar-refractivity contribution in [2.24, 2.45) is 5.73 Å². The minimum atomic E-state index is -1.82. The molecule has 0 amide bonds. The summed E-state index contributed by atoms with van der Waals surface area (Å²) >= 11 is 1.73. The molecule has 0 aromatic carbocycles. The van der Waals surface area contributed by atoms with E-state index in [2.05, 4.69) is 18.4 Å². The molecule has 0 saturated heterocycles. The van der Waals surface area contributed by atoms with Crippen LogP contribution in [0.4, 0.5) is 0 Å². The zero-order chi connectivity index (χ0) is 11.8. The van der Waals surface area contributed by atoms with Crippen molar-refractivity contribution in [2.75, 3.05) is 0 Å². The molecule has 0 aliphatic carbocycles. The first-order valence-corrected chi connectivity index (χ1v) is 5.12.